The van der Waals surface area contributed by atoms with Crippen LogP contribution in [0.25, 0.3) is 0 Å². The van der Waals surface area contributed by atoms with E-state index in [2.05, 4.69) is 16.0 Å². The van der Waals surface area contributed by atoms with Gasteiger partial charge in [0.15, 0.2) is 0 Å². The Kier molecular flexibility index (Phi) is 4.89. The van der Waals surface area contributed by atoms with E-state index in [1.54, 1.807) is 12.1 Å². The van der Waals surface area contributed by atoms with Gasteiger partial charge < -0.3 is 16.0 Å². The number of urea groups is 1. The molecule has 2 rings (SSSR count). The number of hydrogen-bond donors (Lipinski definition) is 3. The lowest BCUT2D eigenvalue weighted by molar-refractivity contribution is -0.384. The predicted octanol–water partition coefficient (Wildman–Crippen LogP) is 1.86. The van der Waals surface area contributed by atoms with Crippen molar-refractivity contribution in [3.63, 3.8) is 0 Å². The van der Waals surface area contributed by atoms with E-state index in [9.17, 15) is 14.9 Å². The van der Waals surface area contributed by atoms with Crippen LogP contribution in [0.5, 0.6) is 0 Å². The highest BCUT2D eigenvalue weighted by Gasteiger charge is 2.15. The van der Waals surface area contributed by atoms with Crippen LogP contribution < -0.4 is 16.0 Å². The van der Waals surface area contributed by atoms with Crippen molar-refractivity contribution in [3.8, 4) is 0 Å². The fourth-order valence-electron chi connectivity index (χ4n) is 2.21. The summed E-state index contributed by atoms with van der Waals surface area (Å²) in [4.78, 5) is 22.0. The highest BCUT2D eigenvalue weighted by molar-refractivity contribution is 5.89. The van der Waals surface area contributed by atoms with Gasteiger partial charge in [0.1, 0.15) is 0 Å². The first kappa shape index (κ1) is 14.3. The van der Waals surface area contributed by atoms with Gasteiger partial charge in [-0.2, -0.15) is 0 Å². The van der Waals surface area contributed by atoms with Crippen LogP contribution in [0.15, 0.2) is 24.3 Å². The number of nitro groups is 1. The Morgan fingerprint density at radius 1 is 1.35 bits per heavy atom. The maximum Gasteiger partial charge on any atom is 0.319 e. The molecule has 1 aromatic rings. The monoisotopic (exact) mass is 278 g/mol. The Morgan fingerprint density at radius 2 is 2.20 bits per heavy atom. The third-order valence-electron chi connectivity index (χ3n) is 3.23. The van der Waals surface area contributed by atoms with Gasteiger partial charge in [-0.15, -0.1) is 0 Å². The van der Waals surface area contributed by atoms with Gasteiger partial charge in [-0.25, -0.2) is 4.79 Å². The number of non-ortho nitro benzene ring substituents is 1. The number of nitro benzene ring substituents is 1. The van der Waals surface area contributed by atoms with Gasteiger partial charge in [-0.05, 0) is 38.4 Å². The van der Waals surface area contributed by atoms with Crippen LogP contribution in [0.4, 0.5) is 16.2 Å². The van der Waals surface area contributed by atoms with Gasteiger partial charge in [0.05, 0.1) is 4.92 Å². The summed E-state index contributed by atoms with van der Waals surface area (Å²) in [7, 11) is 0. The largest absolute Gasteiger partial charge is 0.335 e. The quantitative estimate of drug-likeness (QED) is 0.580. The highest BCUT2D eigenvalue weighted by atomic mass is 16.6. The number of carbonyl (C=O) groups is 1. The summed E-state index contributed by atoms with van der Waals surface area (Å²) in [5.41, 5.74) is 0.380. The Hall–Kier alpha value is -2.15. The number of anilines is 1. The number of amides is 2. The molecule has 7 nitrogen and oxygen atoms in total. The van der Waals surface area contributed by atoms with Gasteiger partial charge in [-0.1, -0.05) is 6.07 Å². The average molecular weight is 278 g/mol. The van der Waals surface area contributed by atoms with Crippen molar-refractivity contribution < 1.29 is 9.72 Å². The average Bonchev–Trinajstić information content (AvgIpc) is 2.67. The molecule has 0 bridgehead atoms. The molecule has 20 heavy (non-hydrogen) atoms. The van der Waals surface area contributed by atoms with Crippen molar-refractivity contribution in [2.45, 2.75) is 25.3 Å². The lowest BCUT2D eigenvalue weighted by atomic mass is 10.1. The van der Waals surface area contributed by atoms with E-state index >= 15 is 0 Å². The van der Waals surface area contributed by atoms with E-state index < -0.39 is 4.92 Å². The maximum atomic E-state index is 11.9. The van der Waals surface area contributed by atoms with E-state index in [4.69, 9.17) is 0 Å². The van der Waals surface area contributed by atoms with E-state index in [1.165, 1.54) is 12.1 Å². The molecular formula is C13H18N4O3. The van der Waals surface area contributed by atoms with E-state index in [-0.39, 0.29) is 17.8 Å². The highest BCUT2D eigenvalue weighted by Crippen LogP contribution is 2.17. The molecule has 1 fully saturated rings. The Labute approximate surface area is 116 Å². The molecule has 1 aromatic carbocycles. The summed E-state index contributed by atoms with van der Waals surface area (Å²) >= 11 is 0. The van der Waals surface area contributed by atoms with E-state index in [0.717, 1.165) is 32.4 Å². The smallest absolute Gasteiger partial charge is 0.319 e. The summed E-state index contributed by atoms with van der Waals surface area (Å²) in [6.45, 7) is 1.87. The zero-order valence-corrected chi connectivity index (χ0v) is 11.1. The van der Waals surface area contributed by atoms with Gasteiger partial charge in [0.25, 0.3) is 5.69 Å². The number of nitrogens with one attached hydrogen (secondary N) is 3. The zero-order chi connectivity index (χ0) is 14.4. The number of benzene rings is 1. The molecular weight excluding hydrogens is 260 g/mol. The van der Waals surface area contributed by atoms with Gasteiger partial charge in [0.2, 0.25) is 0 Å². The molecule has 0 saturated carbocycles. The first-order valence-electron chi connectivity index (χ1n) is 6.68. The van der Waals surface area contributed by atoms with Crippen LogP contribution in [0.1, 0.15) is 19.3 Å². The molecule has 1 unspecified atom stereocenters. The fourth-order valence-corrected chi connectivity index (χ4v) is 2.21. The van der Waals surface area contributed by atoms with Crippen LogP contribution in [-0.4, -0.2) is 30.1 Å². The second kappa shape index (κ2) is 6.85. The lowest BCUT2D eigenvalue weighted by Crippen LogP contribution is -2.38. The summed E-state index contributed by atoms with van der Waals surface area (Å²) in [5.74, 6) is 0. The molecule has 0 aromatic heterocycles. The zero-order valence-electron chi connectivity index (χ0n) is 11.1. The number of rotatable bonds is 3. The molecule has 0 aliphatic carbocycles. The molecule has 3 N–H and O–H groups in total. The molecule has 108 valence electrons. The van der Waals surface area contributed by atoms with Crippen LogP contribution in [0, 0.1) is 10.1 Å². The molecule has 1 aliphatic heterocycles. The van der Waals surface area contributed by atoms with Crippen molar-refractivity contribution in [2.75, 3.05) is 18.4 Å². The topological polar surface area (TPSA) is 96.3 Å². The summed E-state index contributed by atoms with van der Waals surface area (Å²) in [5, 5.41) is 19.5. The van der Waals surface area contributed by atoms with Crippen molar-refractivity contribution in [3.05, 3.63) is 34.4 Å². The second-order valence-corrected chi connectivity index (χ2v) is 4.78. The Morgan fingerprint density at radius 3 is 3.00 bits per heavy atom. The molecule has 1 heterocycles. The summed E-state index contributed by atoms with van der Waals surface area (Å²) in [6, 6.07) is 5.72. The molecule has 1 aliphatic rings. The van der Waals surface area contributed by atoms with Gasteiger partial charge in [-0.3, -0.25) is 10.1 Å². The minimum absolute atomic E-state index is 0.0403. The molecule has 0 radical (unpaired) electrons. The van der Waals surface area contributed by atoms with Gasteiger partial charge >= 0.3 is 6.03 Å². The first-order valence-corrected chi connectivity index (χ1v) is 6.68. The predicted molar refractivity (Wildman–Crippen MR) is 75.8 cm³/mol. The summed E-state index contributed by atoms with van der Waals surface area (Å²) < 4.78 is 0. The summed E-state index contributed by atoms with van der Waals surface area (Å²) in [6.07, 6.45) is 2.86. The third kappa shape index (κ3) is 4.20. The van der Waals surface area contributed by atoms with Crippen LogP contribution in [-0.2, 0) is 0 Å². The van der Waals surface area contributed by atoms with Crippen molar-refractivity contribution >= 4 is 17.4 Å². The normalized spacial score (nSPS) is 18.9. The molecule has 0 spiro atoms. The van der Waals surface area contributed by atoms with E-state index in [1.807, 2.05) is 0 Å². The second-order valence-electron chi connectivity index (χ2n) is 4.78. The third-order valence-corrected chi connectivity index (χ3v) is 3.23. The molecule has 7 heteroatoms. The Balaban J connectivity index is 1.90. The molecule has 2 amide bonds. The molecule has 1 saturated heterocycles. The van der Waals surface area contributed by atoms with E-state index in [0.29, 0.717) is 5.69 Å². The first-order chi connectivity index (χ1) is 9.65. The number of hydrogen-bond acceptors (Lipinski definition) is 4. The molecule has 1 atom stereocenters. The number of carbonyl (C=O) groups excluding carboxylic acids is 1. The van der Waals surface area contributed by atoms with Crippen molar-refractivity contribution in [2.24, 2.45) is 0 Å². The standard InChI is InChI=1S/C13H18N4O3/c18-13(15-10-4-2-7-14-8-6-10)16-11-3-1-5-12(9-11)17(19)20/h1,3,5,9-10,14H,2,4,6-8H2,(H2,15,16,18). The lowest BCUT2D eigenvalue weighted by Gasteiger charge is -2.16. The number of nitrogens with zero attached hydrogens (tertiary/aromatic N) is 1. The van der Waals surface area contributed by atoms with Crippen LogP contribution >= 0.6 is 0 Å². The minimum Gasteiger partial charge on any atom is -0.335 e. The Bertz CT molecular complexity index is 484. The van der Waals surface area contributed by atoms with Gasteiger partial charge in [0, 0.05) is 23.9 Å². The fraction of sp³-hybridized carbons (Fsp3) is 0.462. The van der Waals surface area contributed by atoms with Crippen LogP contribution in [0.2, 0.25) is 0 Å². The van der Waals surface area contributed by atoms with Crippen molar-refractivity contribution in [1.82, 2.24) is 10.6 Å². The SMILES string of the molecule is O=C(Nc1cccc([N+](=O)[O-])c1)NC1CCCNCC1. The maximum absolute atomic E-state index is 11.9. The van der Waals surface area contributed by atoms with Crippen LogP contribution in [0.3, 0.4) is 0 Å². The minimum atomic E-state index is -0.486. The van der Waals surface area contributed by atoms with Crippen molar-refractivity contribution in [1.29, 1.82) is 0 Å².